The van der Waals surface area contributed by atoms with Gasteiger partial charge in [-0.15, -0.1) is 0 Å². The fourth-order valence-electron chi connectivity index (χ4n) is 3.87. The van der Waals surface area contributed by atoms with Crippen LogP contribution in [0, 0.1) is 0 Å². The van der Waals surface area contributed by atoms with E-state index < -0.39 is 38.0 Å². The largest absolute Gasteiger partial charge is 0.387 e. The van der Waals surface area contributed by atoms with Crippen LogP contribution in [-0.4, -0.2) is 76.3 Å². The molecule has 2 aromatic rings. The number of halogens is 1. The van der Waals surface area contributed by atoms with Gasteiger partial charge in [0.25, 0.3) is 0 Å². The Morgan fingerprint density at radius 3 is 2.71 bits per heavy atom. The van der Waals surface area contributed by atoms with Crippen molar-refractivity contribution >= 4 is 36.2 Å². The molecule has 5 atom stereocenters. The number of ether oxygens (including phenoxy) is 2. The van der Waals surface area contributed by atoms with Gasteiger partial charge in [0.2, 0.25) is 5.28 Å². The van der Waals surface area contributed by atoms with Crippen molar-refractivity contribution in [3.05, 3.63) is 11.6 Å². The first-order valence-electron chi connectivity index (χ1n) is 10.00. The zero-order chi connectivity index (χ0) is 22.3. The molecule has 0 aromatic carbocycles. The number of aliphatic hydroxyl groups is 2. The summed E-state index contributed by atoms with van der Waals surface area (Å²) in [6, 6.07) is 0.270. The van der Waals surface area contributed by atoms with Gasteiger partial charge in [-0.25, -0.2) is 4.98 Å². The fourth-order valence-corrected chi connectivity index (χ4v) is 4.31. The molecular formula is C17H25ClN5O7P. The number of fused-ring (bicyclic) bond motifs is 1. The number of anilines is 1. The number of hydrogen-bond donors (Lipinski definition) is 5. The van der Waals surface area contributed by atoms with E-state index in [-0.39, 0.29) is 17.9 Å². The lowest BCUT2D eigenvalue weighted by molar-refractivity contribution is -0.0703. The molecule has 2 aliphatic rings. The maximum atomic E-state index is 11.2. The quantitative estimate of drug-likeness (QED) is 0.284. The van der Waals surface area contributed by atoms with Gasteiger partial charge in [-0.3, -0.25) is 9.13 Å². The van der Waals surface area contributed by atoms with Crippen molar-refractivity contribution in [2.45, 2.75) is 69.0 Å². The summed E-state index contributed by atoms with van der Waals surface area (Å²) in [5.74, 6) is -0.881. The summed E-state index contributed by atoms with van der Waals surface area (Å²) in [4.78, 5) is 31.1. The minimum Gasteiger partial charge on any atom is -0.387 e. The predicted molar refractivity (Wildman–Crippen MR) is 110 cm³/mol. The van der Waals surface area contributed by atoms with E-state index in [1.807, 2.05) is 0 Å². The van der Waals surface area contributed by atoms with Gasteiger partial charge in [0.15, 0.2) is 29.1 Å². The van der Waals surface area contributed by atoms with E-state index in [1.165, 1.54) is 17.8 Å². The van der Waals surface area contributed by atoms with E-state index in [0.29, 0.717) is 17.0 Å². The molecule has 2 fully saturated rings. The molecule has 31 heavy (non-hydrogen) atoms. The second-order valence-electron chi connectivity index (χ2n) is 7.86. The Morgan fingerprint density at radius 2 is 2.03 bits per heavy atom. The summed E-state index contributed by atoms with van der Waals surface area (Å²) >= 11 is 6.12. The first-order chi connectivity index (χ1) is 14.6. The average Bonchev–Trinajstić information content (AvgIpc) is 3.41. The van der Waals surface area contributed by atoms with E-state index >= 15 is 0 Å². The van der Waals surface area contributed by atoms with Crippen LogP contribution in [-0.2, 0) is 14.0 Å². The van der Waals surface area contributed by atoms with E-state index in [1.54, 1.807) is 0 Å². The summed E-state index contributed by atoms with van der Waals surface area (Å²) in [5.41, 5.74) is 0.776. The van der Waals surface area contributed by atoms with Crippen molar-refractivity contribution in [3.8, 4) is 0 Å². The Kier molecular flexibility index (Phi) is 6.53. The summed E-state index contributed by atoms with van der Waals surface area (Å²) in [6.45, 7) is 0.898. The third kappa shape index (κ3) is 4.71. The number of aromatic nitrogens is 4. The average molecular weight is 478 g/mol. The smallest absolute Gasteiger partial charge is 0.353 e. The van der Waals surface area contributed by atoms with E-state index in [2.05, 4.69) is 20.3 Å². The molecule has 14 heteroatoms. The molecule has 2 aromatic heterocycles. The highest BCUT2D eigenvalue weighted by atomic mass is 35.5. The Balaban J connectivity index is 1.55. The second kappa shape index (κ2) is 8.87. The van der Waals surface area contributed by atoms with Crippen LogP contribution in [0.5, 0.6) is 0 Å². The molecule has 1 saturated heterocycles. The van der Waals surface area contributed by atoms with Crippen LogP contribution in [0.15, 0.2) is 6.33 Å². The molecular weight excluding hydrogens is 453 g/mol. The monoisotopic (exact) mass is 477 g/mol. The number of aliphatic hydroxyl groups excluding tert-OH is 2. The molecule has 1 aliphatic carbocycles. The van der Waals surface area contributed by atoms with Gasteiger partial charge < -0.3 is 34.8 Å². The van der Waals surface area contributed by atoms with Crippen molar-refractivity contribution < 1.29 is 34.0 Å². The number of rotatable bonds is 7. The van der Waals surface area contributed by atoms with Gasteiger partial charge >= 0.3 is 7.60 Å². The first kappa shape index (κ1) is 22.8. The fraction of sp³-hybridized carbons (Fsp3) is 0.706. The molecule has 1 saturated carbocycles. The van der Waals surface area contributed by atoms with Crippen LogP contribution >= 0.6 is 19.2 Å². The zero-order valence-corrected chi connectivity index (χ0v) is 18.4. The maximum absolute atomic E-state index is 11.2. The number of imidazole rings is 1. The Morgan fingerprint density at radius 1 is 1.32 bits per heavy atom. The Labute approximate surface area is 182 Å². The molecule has 3 heterocycles. The molecule has 172 valence electrons. The lowest BCUT2D eigenvalue weighted by Gasteiger charge is -2.19. The lowest BCUT2D eigenvalue weighted by Crippen LogP contribution is -2.34. The van der Waals surface area contributed by atoms with Crippen molar-refractivity contribution in [1.29, 1.82) is 0 Å². The zero-order valence-electron chi connectivity index (χ0n) is 16.7. The molecule has 0 spiro atoms. The summed E-state index contributed by atoms with van der Waals surface area (Å²) in [5, 5.41) is 24.2. The van der Waals surface area contributed by atoms with Crippen molar-refractivity contribution in [1.82, 2.24) is 19.5 Å². The molecule has 12 nitrogen and oxygen atoms in total. The minimum atomic E-state index is -4.44. The van der Waals surface area contributed by atoms with E-state index in [0.717, 1.165) is 25.7 Å². The molecule has 5 N–H and O–H groups in total. The third-order valence-corrected chi connectivity index (χ3v) is 6.94. The maximum Gasteiger partial charge on any atom is 0.353 e. The highest BCUT2D eigenvalue weighted by Gasteiger charge is 2.45. The third-order valence-electron chi connectivity index (χ3n) is 5.68. The van der Waals surface area contributed by atoms with Crippen molar-refractivity contribution in [3.63, 3.8) is 0 Å². The molecule has 1 unspecified atom stereocenters. The second-order valence-corrected chi connectivity index (χ2v) is 10.1. The molecule has 0 bridgehead atoms. The van der Waals surface area contributed by atoms with Crippen molar-refractivity contribution in [2.75, 3.05) is 11.9 Å². The molecule has 4 rings (SSSR count). The van der Waals surface area contributed by atoms with Gasteiger partial charge in [0, 0.05) is 6.04 Å². The standard InChI is InChI=1S/C17H25ClN5O7P/c1-8(31(26,27)28)29-6-10-12(24)13(25)16(30-10)23-7-19-11-14(20-9-4-2-3-5-9)21-17(18)22-15(11)23/h7-10,12-13,16,24-25H,2-6H2,1H3,(H,20,21,22)(H2,26,27,28)/t8?,10-,12-,13-,16-/m1/s1. The van der Waals surface area contributed by atoms with Crippen LogP contribution < -0.4 is 5.32 Å². The predicted octanol–water partition coefficient (Wildman–Crippen LogP) is 0.994. The number of nitrogens with one attached hydrogen (secondary N) is 1. The highest BCUT2D eigenvalue weighted by Crippen LogP contribution is 2.42. The van der Waals surface area contributed by atoms with Gasteiger partial charge in [-0.05, 0) is 31.4 Å². The van der Waals surface area contributed by atoms with Gasteiger partial charge in [0.05, 0.1) is 12.9 Å². The lowest BCUT2D eigenvalue weighted by atomic mass is 10.1. The highest BCUT2D eigenvalue weighted by molar-refractivity contribution is 7.52. The van der Waals surface area contributed by atoms with E-state index in [9.17, 15) is 14.8 Å². The van der Waals surface area contributed by atoms with Crippen LogP contribution in [0.4, 0.5) is 5.82 Å². The van der Waals surface area contributed by atoms with Crippen LogP contribution in [0.1, 0.15) is 38.8 Å². The summed E-state index contributed by atoms with van der Waals surface area (Å²) in [6.07, 6.45) is 0.971. The summed E-state index contributed by atoms with van der Waals surface area (Å²) < 4.78 is 23.6. The van der Waals surface area contributed by atoms with Gasteiger partial charge in [-0.1, -0.05) is 12.8 Å². The van der Waals surface area contributed by atoms with Gasteiger partial charge in [-0.2, -0.15) is 9.97 Å². The Hall–Kier alpha value is -1.37. The van der Waals surface area contributed by atoms with Crippen molar-refractivity contribution in [2.24, 2.45) is 0 Å². The topological polar surface area (TPSA) is 172 Å². The minimum absolute atomic E-state index is 0.00173. The molecule has 1 aliphatic heterocycles. The van der Waals surface area contributed by atoms with E-state index in [4.69, 9.17) is 30.9 Å². The molecule has 0 amide bonds. The van der Waals surface area contributed by atoms with Crippen LogP contribution in [0.25, 0.3) is 11.2 Å². The number of hydrogen-bond acceptors (Lipinski definition) is 9. The molecule has 0 radical (unpaired) electrons. The van der Waals surface area contributed by atoms with Crippen LogP contribution in [0.3, 0.4) is 0 Å². The number of nitrogens with zero attached hydrogens (tertiary/aromatic N) is 4. The SMILES string of the molecule is CC(OC[C@H]1O[C@@H](n2cnc3c(NC4CCCC4)nc(Cl)nc32)[C@H](O)[C@@H]1O)P(=O)(O)O. The normalized spacial score (nSPS) is 28.5. The summed E-state index contributed by atoms with van der Waals surface area (Å²) in [7, 11) is -4.44. The Bertz CT molecular complexity index is 981. The first-order valence-corrected chi connectivity index (χ1v) is 12.1. The van der Waals surface area contributed by atoms with Gasteiger partial charge in [0.1, 0.15) is 18.3 Å². The van der Waals surface area contributed by atoms with Crippen LogP contribution in [0.2, 0.25) is 5.28 Å².